The highest BCUT2D eigenvalue weighted by Crippen LogP contribution is 2.52. The maximum atomic E-state index is 12.4. The number of rotatable bonds is 1. The van der Waals surface area contributed by atoms with Crippen molar-refractivity contribution in [1.29, 1.82) is 0 Å². The summed E-state index contributed by atoms with van der Waals surface area (Å²) in [7, 11) is 0. The molecule has 0 N–H and O–H groups in total. The Morgan fingerprint density at radius 3 is 2.82 bits per heavy atom. The molecule has 0 amide bonds. The van der Waals surface area contributed by atoms with Crippen LogP contribution in [-0.2, 0) is 19.1 Å². The lowest BCUT2D eigenvalue weighted by Gasteiger charge is -2.48. The Bertz CT molecular complexity index is 450. The van der Waals surface area contributed by atoms with Crippen molar-refractivity contribution in [3.05, 3.63) is 11.6 Å². The first-order valence-corrected chi connectivity index (χ1v) is 5.98. The highest BCUT2D eigenvalue weighted by atomic mass is 16.6. The molecule has 4 heteroatoms. The second-order valence-electron chi connectivity index (χ2n) is 5.25. The van der Waals surface area contributed by atoms with E-state index in [9.17, 15) is 14.4 Å². The lowest BCUT2D eigenvalue weighted by Crippen LogP contribution is -2.58. The van der Waals surface area contributed by atoms with Gasteiger partial charge in [-0.2, -0.15) is 0 Å². The molecule has 4 atom stereocenters. The molecule has 0 aromatic carbocycles. The van der Waals surface area contributed by atoms with Gasteiger partial charge in [-0.3, -0.25) is 9.59 Å². The summed E-state index contributed by atoms with van der Waals surface area (Å²) in [4.78, 5) is 34.7. The zero-order chi connectivity index (χ0) is 12.2. The second kappa shape index (κ2) is 3.28. The molecule has 4 nitrogen and oxygen atoms in total. The van der Waals surface area contributed by atoms with Crippen LogP contribution >= 0.6 is 0 Å². The third kappa shape index (κ3) is 1.21. The molecule has 0 radical (unpaired) electrons. The third-order valence-electron chi connectivity index (χ3n) is 4.42. The van der Waals surface area contributed by atoms with Crippen molar-refractivity contribution in [2.24, 2.45) is 17.8 Å². The summed E-state index contributed by atoms with van der Waals surface area (Å²) in [5.41, 5.74) is 0.141. The quantitative estimate of drug-likeness (QED) is 0.386. The van der Waals surface area contributed by atoms with Crippen molar-refractivity contribution in [2.75, 3.05) is 0 Å². The molecule has 4 aliphatic rings. The van der Waals surface area contributed by atoms with E-state index in [1.807, 2.05) is 13.0 Å². The van der Waals surface area contributed by atoms with Crippen LogP contribution in [0.25, 0.3) is 0 Å². The Morgan fingerprint density at radius 1 is 1.47 bits per heavy atom. The summed E-state index contributed by atoms with van der Waals surface area (Å²) in [6.07, 6.45) is 4.17. The van der Waals surface area contributed by atoms with E-state index < -0.39 is 5.60 Å². The average molecular weight is 234 g/mol. The summed E-state index contributed by atoms with van der Waals surface area (Å²) in [5.74, 6) is -1.07. The van der Waals surface area contributed by atoms with E-state index in [2.05, 4.69) is 0 Å². The largest absolute Gasteiger partial charge is 0.450 e. The Labute approximate surface area is 99.0 Å². The number of carbonyl (C=O) groups excluding carboxylic acids is 3. The second-order valence-corrected chi connectivity index (χ2v) is 5.25. The van der Waals surface area contributed by atoms with Gasteiger partial charge in [0.15, 0.2) is 11.4 Å². The van der Waals surface area contributed by atoms with Crippen LogP contribution in [0, 0.1) is 17.8 Å². The van der Waals surface area contributed by atoms with Crippen LogP contribution in [0.15, 0.2) is 11.6 Å². The van der Waals surface area contributed by atoms with E-state index in [0.29, 0.717) is 19.3 Å². The number of hydrogen-bond acceptors (Lipinski definition) is 4. The molecule has 1 saturated heterocycles. The van der Waals surface area contributed by atoms with Gasteiger partial charge in [-0.15, -0.1) is 0 Å². The van der Waals surface area contributed by atoms with Crippen molar-refractivity contribution >= 4 is 18.0 Å². The smallest absolute Gasteiger partial charge is 0.306 e. The average Bonchev–Trinajstić information content (AvgIpc) is 2.69. The number of Topliss-reactive ketones (excluding diaryl/α,β-unsaturated/α-hetero) is 1. The summed E-state index contributed by atoms with van der Waals surface area (Å²) < 4.78 is 5.35. The van der Waals surface area contributed by atoms with Gasteiger partial charge in [0.25, 0.3) is 0 Å². The monoisotopic (exact) mass is 234 g/mol. The summed E-state index contributed by atoms with van der Waals surface area (Å²) in [6, 6.07) is 0. The van der Waals surface area contributed by atoms with Crippen molar-refractivity contribution in [3.63, 3.8) is 0 Å². The Kier molecular flexibility index (Phi) is 2.06. The molecule has 1 heterocycles. The molecule has 1 saturated carbocycles. The Morgan fingerprint density at radius 2 is 2.24 bits per heavy atom. The minimum absolute atomic E-state index is 0.0673. The fourth-order valence-electron chi connectivity index (χ4n) is 3.56. The summed E-state index contributed by atoms with van der Waals surface area (Å²) >= 11 is 0. The van der Waals surface area contributed by atoms with Gasteiger partial charge in [-0.25, -0.2) is 0 Å². The van der Waals surface area contributed by atoms with Gasteiger partial charge in [0.2, 0.25) is 0 Å². The van der Waals surface area contributed by atoms with Crippen LogP contribution in [-0.4, -0.2) is 23.6 Å². The fraction of sp³-hybridized carbons (Fsp3) is 0.615. The number of aldehydes is 1. The topological polar surface area (TPSA) is 60.4 Å². The van der Waals surface area contributed by atoms with Crippen LogP contribution in [0.3, 0.4) is 0 Å². The van der Waals surface area contributed by atoms with Crippen LogP contribution in [0.4, 0.5) is 0 Å². The van der Waals surface area contributed by atoms with E-state index in [1.54, 1.807) is 0 Å². The van der Waals surface area contributed by atoms with Crippen LogP contribution in [0.5, 0.6) is 0 Å². The molecule has 0 unspecified atom stereocenters. The van der Waals surface area contributed by atoms with Gasteiger partial charge in [0, 0.05) is 30.6 Å². The van der Waals surface area contributed by atoms with Crippen LogP contribution in [0.2, 0.25) is 0 Å². The van der Waals surface area contributed by atoms with E-state index in [4.69, 9.17) is 4.74 Å². The van der Waals surface area contributed by atoms with Gasteiger partial charge in [-0.1, -0.05) is 11.6 Å². The van der Waals surface area contributed by atoms with E-state index in [0.717, 1.165) is 11.9 Å². The number of fused-ring (bicyclic) bond motifs is 1. The maximum Gasteiger partial charge on any atom is 0.306 e. The third-order valence-corrected chi connectivity index (χ3v) is 4.42. The standard InChI is InChI=1S/C13H14O4/c1-7-4-9-8(6-14)5-10(7)13(12(9)16)3-2-11(15)17-13/h4,6,8-10H,2-3,5H2,1H3/t8-,9+,10+,13+/m0/s1. The molecule has 2 bridgehead atoms. The molecule has 17 heavy (non-hydrogen) atoms. The first kappa shape index (κ1) is 10.7. The van der Waals surface area contributed by atoms with Crippen molar-refractivity contribution in [3.8, 4) is 0 Å². The SMILES string of the molecule is CC1=C[C@H]2C(=O)[C@@]3(CCC(=O)O3)[C@@H]1C[C@H]2C=O. The first-order chi connectivity index (χ1) is 8.08. The van der Waals surface area contributed by atoms with E-state index >= 15 is 0 Å². The lowest BCUT2D eigenvalue weighted by atomic mass is 9.57. The summed E-state index contributed by atoms with van der Waals surface area (Å²) in [6.45, 7) is 1.96. The molecule has 4 rings (SSSR count). The number of ether oxygens (including phenoxy) is 1. The molecular weight excluding hydrogens is 220 g/mol. The predicted octanol–water partition coefficient (Wildman–Crippen LogP) is 1.04. The van der Waals surface area contributed by atoms with E-state index in [1.165, 1.54) is 0 Å². The maximum absolute atomic E-state index is 12.4. The van der Waals surface area contributed by atoms with Gasteiger partial charge in [0.1, 0.15) is 6.29 Å². The normalized spacial score (nSPS) is 43.8. The van der Waals surface area contributed by atoms with Gasteiger partial charge >= 0.3 is 5.97 Å². The van der Waals surface area contributed by atoms with E-state index in [-0.39, 0.29) is 29.5 Å². The zero-order valence-electron chi connectivity index (χ0n) is 9.64. The molecule has 1 aliphatic heterocycles. The van der Waals surface area contributed by atoms with Crippen LogP contribution < -0.4 is 0 Å². The molecule has 90 valence electrons. The lowest BCUT2D eigenvalue weighted by molar-refractivity contribution is -0.170. The molecular formula is C13H14O4. The highest BCUT2D eigenvalue weighted by molar-refractivity contribution is 5.99. The molecule has 3 aliphatic carbocycles. The number of hydrogen-bond donors (Lipinski definition) is 0. The van der Waals surface area contributed by atoms with Crippen molar-refractivity contribution in [2.45, 2.75) is 31.8 Å². The van der Waals surface area contributed by atoms with Crippen molar-refractivity contribution < 1.29 is 19.1 Å². The zero-order valence-corrected chi connectivity index (χ0v) is 9.64. The molecule has 0 aromatic heterocycles. The fourth-order valence-corrected chi connectivity index (χ4v) is 3.56. The van der Waals surface area contributed by atoms with Crippen LogP contribution in [0.1, 0.15) is 26.2 Å². The summed E-state index contributed by atoms with van der Waals surface area (Å²) in [5, 5.41) is 0. The van der Waals surface area contributed by atoms with Gasteiger partial charge < -0.3 is 9.53 Å². The number of ketones is 1. The number of carbonyl (C=O) groups is 3. The predicted molar refractivity (Wildman–Crippen MR) is 58.0 cm³/mol. The Hall–Kier alpha value is -1.45. The minimum atomic E-state index is -0.944. The number of esters is 1. The minimum Gasteiger partial charge on any atom is -0.450 e. The van der Waals surface area contributed by atoms with Gasteiger partial charge in [-0.05, 0) is 13.3 Å². The van der Waals surface area contributed by atoms with Gasteiger partial charge in [0.05, 0.1) is 0 Å². The Balaban J connectivity index is 2.06. The van der Waals surface area contributed by atoms with Crippen molar-refractivity contribution in [1.82, 2.24) is 0 Å². The molecule has 0 aromatic rings. The first-order valence-electron chi connectivity index (χ1n) is 5.98. The molecule has 2 fully saturated rings. The number of allylic oxidation sites excluding steroid dienone is 1. The molecule has 1 spiro atoms. The highest BCUT2D eigenvalue weighted by Gasteiger charge is 2.61.